The van der Waals surface area contributed by atoms with Gasteiger partial charge in [-0.2, -0.15) is 13.2 Å². The van der Waals surface area contributed by atoms with Gasteiger partial charge in [0.05, 0.1) is 17.8 Å². The highest BCUT2D eigenvalue weighted by Gasteiger charge is 2.47. The maximum Gasteiger partial charge on any atom is 0.416 e. The van der Waals surface area contributed by atoms with E-state index in [1.165, 1.54) is 11.0 Å². The van der Waals surface area contributed by atoms with Crippen LogP contribution in [-0.2, 0) is 17.5 Å². The molecule has 1 spiro atoms. The molecule has 3 aliphatic heterocycles. The highest BCUT2D eigenvalue weighted by molar-refractivity contribution is 6.10. The van der Waals surface area contributed by atoms with Crippen LogP contribution in [0.1, 0.15) is 116 Å². The number of likely N-dealkylation sites (tertiary alicyclic amines) is 2. The maximum absolute atomic E-state index is 14.7. The SMILES string of the molecule is Cc1conc1[C@@H](c1cccc(N2Cc3c(cc([C@H](C)N4CC[C@]5(CCN(C(=O)OC(C)(C)C)C5)C4)cc3C(F)(F)F)C2=O)c1)C1CCC1. The number of hydrogen-bond donors (Lipinski definition) is 0. The molecular formula is C38H45F3N4O4. The van der Waals surface area contributed by atoms with Crippen molar-refractivity contribution in [3.63, 3.8) is 0 Å². The molecule has 0 bridgehead atoms. The van der Waals surface area contributed by atoms with Crippen molar-refractivity contribution in [2.24, 2.45) is 11.3 Å². The van der Waals surface area contributed by atoms with E-state index in [2.05, 4.69) is 10.1 Å². The normalized spacial score (nSPS) is 22.9. The number of aryl methyl sites for hydroxylation is 1. The van der Waals surface area contributed by atoms with E-state index in [1.54, 1.807) is 23.3 Å². The summed E-state index contributed by atoms with van der Waals surface area (Å²) in [6.45, 7) is 11.8. The Morgan fingerprint density at radius 1 is 1.06 bits per heavy atom. The van der Waals surface area contributed by atoms with Gasteiger partial charge in [0.25, 0.3) is 5.91 Å². The third-order valence-electron chi connectivity index (χ3n) is 11.2. The predicted molar refractivity (Wildman–Crippen MR) is 178 cm³/mol. The molecule has 3 atom stereocenters. The molecule has 49 heavy (non-hydrogen) atoms. The van der Waals surface area contributed by atoms with Gasteiger partial charge in [0.1, 0.15) is 11.9 Å². The van der Waals surface area contributed by atoms with Gasteiger partial charge in [0.2, 0.25) is 0 Å². The number of carbonyl (C=O) groups excluding carboxylic acids is 2. The van der Waals surface area contributed by atoms with Crippen molar-refractivity contribution in [3.05, 3.63) is 81.7 Å². The number of hydrogen-bond acceptors (Lipinski definition) is 6. The number of amides is 2. The van der Waals surface area contributed by atoms with Crippen LogP contribution in [0.3, 0.4) is 0 Å². The molecule has 3 aromatic rings. The molecule has 0 radical (unpaired) electrons. The van der Waals surface area contributed by atoms with Gasteiger partial charge in [0.15, 0.2) is 0 Å². The largest absolute Gasteiger partial charge is 0.444 e. The van der Waals surface area contributed by atoms with E-state index in [4.69, 9.17) is 9.26 Å². The molecule has 1 saturated carbocycles. The fourth-order valence-corrected chi connectivity index (χ4v) is 8.30. The van der Waals surface area contributed by atoms with Crippen LogP contribution in [0.5, 0.6) is 0 Å². The van der Waals surface area contributed by atoms with E-state index in [9.17, 15) is 22.8 Å². The first-order valence-electron chi connectivity index (χ1n) is 17.4. The summed E-state index contributed by atoms with van der Waals surface area (Å²) in [6, 6.07) is 10.2. The summed E-state index contributed by atoms with van der Waals surface area (Å²) >= 11 is 0. The van der Waals surface area contributed by atoms with Crippen LogP contribution in [0.4, 0.5) is 23.7 Å². The molecule has 2 saturated heterocycles. The Morgan fingerprint density at radius 2 is 1.82 bits per heavy atom. The van der Waals surface area contributed by atoms with E-state index >= 15 is 0 Å². The number of nitrogens with zero attached hydrogens (tertiary/aromatic N) is 4. The average Bonchev–Trinajstić information content (AvgIpc) is 3.80. The molecule has 0 N–H and O–H groups in total. The van der Waals surface area contributed by atoms with Gasteiger partial charge < -0.3 is 19.1 Å². The molecule has 8 nitrogen and oxygen atoms in total. The van der Waals surface area contributed by atoms with E-state index in [1.807, 2.05) is 52.8 Å². The minimum Gasteiger partial charge on any atom is -0.444 e. The Hall–Kier alpha value is -3.86. The molecule has 1 aliphatic carbocycles. The number of rotatable bonds is 6. The molecule has 2 amide bonds. The van der Waals surface area contributed by atoms with Crippen LogP contribution in [0.2, 0.25) is 0 Å². The molecule has 262 valence electrons. The summed E-state index contributed by atoms with van der Waals surface area (Å²) in [5, 5.41) is 4.31. The summed E-state index contributed by atoms with van der Waals surface area (Å²) in [6.07, 6.45) is 1.60. The lowest BCUT2D eigenvalue weighted by Gasteiger charge is -2.33. The highest BCUT2D eigenvalue weighted by atomic mass is 19.4. The third-order valence-corrected chi connectivity index (χ3v) is 11.2. The maximum atomic E-state index is 14.7. The van der Waals surface area contributed by atoms with E-state index < -0.39 is 23.2 Å². The van der Waals surface area contributed by atoms with Crippen molar-refractivity contribution in [2.45, 2.75) is 97.0 Å². The first-order chi connectivity index (χ1) is 23.1. The van der Waals surface area contributed by atoms with Crippen LogP contribution in [0.25, 0.3) is 0 Å². The van der Waals surface area contributed by atoms with Gasteiger partial charge >= 0.3 is 12.3 Å². The van der Waals surface area contributed by atoms with E-state index in [-0.39, 0.29) is 41.1 Å². The van der Waals surface area contributed by atoms with Gasteiger partial charge in [0, 0.05) is 53.8 Å². The standard InChI is InChI=1S/C38H45F3N4O4/c1-23-20-48-42-33(23)32(25-8-6-9-25)26-10-7-11-28(16-26)45-19-30-29(34(45)46)17-27(18-31(30)38(39,40)41)24(2)43-14-12-37(21-43)13-15-44(22-37)35(47)49-36(3,4)5/h7,10-11,16-18,20,24-25,32H,6,8-9,12-15,19,21-22H2,1-5H3/t24-,32+,37-/m0/s1. The summed E-state index contributed by atoms with van der Waals surface area (Å²) < 4.78 is 54.9. The first-order valence-corrected chi connectivity index (χ1v) is 17.4. The zero-order valence-electron chi connectivity index (χ0n) is 28.9. The summed E-state index contributed by atoms with van der Waals surface area (Å²) in [5.41, 5.74) is 2.51. The first kappa shape index (κ1) is 33.6. The van der Waals surface area contributed by atoms with Crippen molar-refractivity contribution in [3.8, 4) is 0 Å². The molecule has 1 aromatic heterocycles. The highest BCUT2D eigenvalue weighted by Crippen LogP contribution is 2.47. The Morgan fingerprint density at radius 3 is 2.47 bits per heavy atom. The Bertz CT molecular complexity index is 1760. The second kappa shape index (κ2) is 12.2. The minimum absolute atomic E-state index is 0.00874. The van der Waals surface area contributed by atoms with Crippen molar-refractivity contribution >= 4 is 17.7 Å². The summed E-state index contributed by atoms with van der Waals surface area (Å²) in [4.78, 5) is 32.2. The zero-order chi connectivity index (χ0) is 34.9. The number of ether oxygens (including phenoxy) is 1. The van der Waals surface area contributed by atoms with Crippen LogP contribution in [0, 0.1) is 18.3 Å². The molecule has 7 rings (SSSR count). The topological polar surface area (TPSA) is 79.1 Å². The van der Waals surface area contributed by atoms with Crippen molar-refractivity contribution in [2.75, 3.05) is 31.1 Å². The van der Waals surface area contributed by atoms with Crippen molar-refractivity contribution < 1.29 is 32.0 Å². The van der Waals surface area contributed by atoms with Gasteiger partial charge in [-0.3, -0.25) is 9.69 Å². The fraction of sp³-hybridized carbons (Fsp3) is 0.553. The smallest absolute Gasteiger partial charge is 0.416 e. The molecular weight excluding hydrogens is 633 g/mol. The van der Waals surface area contributed by atoms with Crippen molar-refractivity contribution in [1.82, 2.24) is 15.0 Å². The van der Waals surface area contributed by atoms with E-state index in [0.29, 0.717) is 43.3 Å². The Labute approximate surface area is 285 Å². The number of anilines is 1. The Balaban J connectivity index is 1.13. The molecule has 4 aliphatic rings. The lowest BCUT2D eigenvalue weighted by atomic mass is 9.71. The van der Waals surface area contributed by atoms with Crippen LogP contribution < -0.4 is 4.90 Å². The van der Waals surface area contributed by atoms with Crippen molar-refractivity contribution in [1.29, 1.82) is 0 Å². The predicted octanol–water partition coefficient (Wildman–Crippen LogP) is 8.49. The number of aromatic nitrogens is 1. The second-order valence-corrected chi connectivity index (χ2v) is 15.7. The zero-order valence-corrected chi connectivity index (χ0v) is 28.9. The quantitative estimate of drug-likeness (QED) is 0.260. The second-order valence-electron chi connectivity index (χ2n) is 15.7. The number of fused-ring (bicyclic) bond motifs is 1. The molecule has 3 fully saturated rings. The van der Waals surface area contributed by atoms with Crippen LogP contribution in [-0.4, -0.2) is 58.7 Å². The average molecular weight is 679 g/mol. The Kier molecular flexibility index (Phi) is 8.36. The number of carbonyl (C=O) groups is 2. The van der Waals surface area contributed by atoms with Gasteiger partial charge in [-0.25, -0.2) is 4.79 Å². The lowest BCUT2D eigenvalue weighted by molar-refractivity contribution is -0.138. The fourth-order valence-electron chi connectivity index (χ4n) is 8.30. The van der Waals surface area contributed by atoms with Gasteiger partial charge in [-0.15, -0.1) is 0 Å². The number of benzene rings is 2. The monoisotopic (exact) mass is 678 g/mol. The number of halogens is 3. The third kappa shape index (κ3) is 6.35. The van der Waals surface area contributed by atoms with Crippen LogP contribution in [0.15, 0.2) is 47.2 Å². The summed E-state index contributed by atoms with van der Waals surface area (Å²) in [7, 11) is 0. The van der Waals surface area contributed by atoms with Gasteiger partial charge in [-0.05, 0) is 114 Å². The molecule has 0 unspecified atom stereocenters. The molecule has 4 heterocycles. The van der Waals surface area contributed by atoms with Gasteiger partial charge in [-0.1, -0.05) is 23.7 Å². The van der Waals surface area contributed by atoms with E-state index in [0.717, 1.165) is 48.9 Å². The lowest BCUT2D eigenvalue weighted by Crippen LogP contribution is -2.38. The molecule has 2 aromatic carbocycles. The summed E-state index contributed by atoms with van der Waals surface area (Å²) in [5.74, 6) is -0.0440. The van der Waals surface area contributed by atoms with Crippen LogP contribution >= 0.6 is 0 Å². The number of alkyl halides is 3. The molecule has 11 heteroatoms. The minimum atomic E-state index is -4.62.